The number of thiazole rings is 1. The van der Waals surface area contributed by atoms with E-state index in [4.69, 9.17) is 9.47 Å². The zero-order valence-electron chi connectivity index (χ0n) is 13.4. The van der Waals surface area contributed by atoms with E-state index in [0.29, 0.717) is 10.9 Å². The van der Waals surface area contributed by atoms with Gasteiger partial charge in [0, 0.05) is 11.6 Å². The van der Waals surface area contributed by atoms with Gasteiger partial charge in [-0.05, 0) is 24.6 Å². The highest BCUT2D eigenvalue weighted by atomic mass is 32.1. The summed E-state index contributed by atoms with van der Waals surface area (Å²) < 4.78 is 10.2. The summed E-state index contributed by atoms with van der Waals surface area (Å²) in [6, 6.07) is 6.19. The van der Waals surface area contributed by atoms with E-state index in [1.807, 2.05) is 6.07 Å². The van der Waals surface area contributed by atoms with E-state index in [9.17, 15) is 9.59 Å². The molecule has 0 radical (unpaired) electrons. The number of methoxy groups -OCH3 is 1. The Labute approximate surface area is 144 Å². The van der Waals surface area contributed by atoms with Gasteiger partial charge >= 0.3 is 12.0 Å². The molecule has 2 aromatic rings. The first-order chi connectivity index (χ1) is 11.6. The molecule has 0 fully saturated rings. The molecule has 0 spiro atoms. The van der Waals surface area contributed by atoms with Crippen LogP contribution in [0.2, 0.25) is 0 Å². The zero-order valence-corrected chi connectivity index (χ0v) is 14.3. The quantitative estimate of drug-likeness (QED) is 0.750. The monoisotopic (exact) mass is 349 g/mol. The Morgan fingerprint density at radius 3 is 2.88 bits per heavy atom. The van der Waals surface area contributed by atoms with Crippen LogP contribution in [0.1, 0.15) is 24.9 Å². The highest BCUT2D eigenvalue weighted by Gasteiger charge is 2.20. The van der Waals surface area contributed by atoms with E-state index in [1.165, 1.54) is 11.3 Å². The number of amides is 2. The van der Waals surface area contributed by atoms with E-state index >= 15 is 0 Å². The van der Waals surface area contributed by atoms with Crippen LogP contribution < -0.4 is 15.4 Å². The van der Waals surface area contributed by atoms with Gasteiger partial charge in [0.1, 0.15) is 5.75 Å². The summed E-state index contributed by atoms with van der Waals surface area (Å²) in [5, 5.41) is 7.64. The molecule has 0 unspecified atom stereocenters. The van der Waals surface area contributed by atoms with Crippen molar-refractivity contribution in [1.29, 1.82) is 0 Å². The lowest BCUT2D eigenvalue weighted by Crippen LogP contribution is -2.34. The first-order valence-corrected chi connectivity index (χ1v) is 8.27. The van der Waals surface area contributed by atoms with Gasteiger partial charge in [-0.1, -0.05) is 12.1 Å². The first-order valence-electron chi connectivity index (χ1n) is 7.39. The Morgan fingerprint density at radius 1 is 1.38 bits per heavy atom. The number of benzene rings is 1. The molecule has 128 valence electrons. The van der Waals surface area contributed by atoms with Crippen LogP contribution in [-0.2, 0) is 9.53 Å². The molecule has 2 amide bonds. The smallest absolute Gasteiger partial charge is 0.321 e. The number of hydrogen-bond donors (Lipinski definition) is 2. The molecule has 0 aliphatic carbocycles. The third kappa shape index (κ3) is 5.24. The first kappa shape index (κ1) is 17.7. The molecule has 0 aliphatic rings. The van der Waals surface area contributed by atoms with Crippen LogP contribution in [-0.4, -0.2) is 30.7 Å². The third-order valence-electron chi connectivity index (χ3n) is 3.13. The van der Waals surface area contributed by atoms with Crippen LogP contribution in [0.3, 0.4) is 0 Å². The lowest BCUT2D eigenvalue weighted by Gasteiger charge is -2.19. The minimum Gasteiger partial charge on any atom is -0.497 e. The molecule has 8 heteroatoms. The average molecular weight is 349 g/mol. The molecule has 2 N–H and O–H groups in total. The molecule has 0 saturated carbocycles. The number of nitrogens with one attached hydrogen (secondary N) is 2. The number of nitrogens with zero attached hydrogens (tertiary/aromatic N) is 1. The van der Waals surface area contributed by atoms with Crippen LogP contribution in [0.4, 0.5) is 9.93 Å². The summed E-state index contributed by atoms with van der Waals surface area (Å²) in [7, 11) is 1.56. The largest absolute Gasteiger partial charge is 0.497 e. The second kappa shape index (κ2) is 8.88. The minimum atomic E-state index is -0.542. The molecule has 2 rings (SSSR count). The van der Waals surface area contributed by atoms with E-state index < -0.39 is 12.1 Å². The minimum absolute atomic E-state index is 0.0201. The molecular weight excluding hydrogens is 330 g/mol. The van der Waals surface area contributed by atoms with Crippen molar-refractivity contribution in [2.75, 3.05) is 19.0 Å². The molecule has 24 heavy (non-hydrogen) atoms. The van der Waals surface area contributed by atoms with Crippen molar-refractivity contribution in [2.24, 2.45) is 0 Å². The fraction of sp³-hybridized carbons (Fsp3) is 0.312. The number of esters is 1. The Morgan fingerprint density at radius 2 is 2.21 bits per heavy atom. The Balaban J connectivity index is 2.12. The van der Waals surface area contributed by atoms with E-state index in [0.717, 1.165) is 5.56 Å². The maximum absolute atomic E-state index is 12.1. The average Bonchev–Trinajstić information content (AvgIpc) is 3.07. The number of anilines is 1. The molecule has 0 bridgehead atoms. The molecule has 1 aromatic heterocycles. The number of carbonyl (C=O) groups is 2. The topological polar surface area (TPSA) is 89.5 Å². The summed E-state index contributed by atoms with van der Waals surface area (Å²) >= 11 is 1.31. The van der Waals surface area contributed by atoms with Crippen molar-refractivity contribution < 1.29 is 19.1 Å². The summed E-state index contributed by atoms with van der Waals surface area (Å²) in [5.74, 6) is 0.253. The second-order valence-corrected chi connectivity index (χ2v) is 5.67. The van der Waals surface area contributed by atoms with E-state index in [-0.39, 0.29) is 19.0 Å². The highest BCUT2D eigenvalue weighted by Crippen LogP contribution is 2.22. The number of urea groups is 1. The molecule has 7 nitrogen and oxygen atoms in total. The van der Waals surface area contributed by atoms with Gasteiger partial charge in [-0.25, -0.2) is 9.78 Å². The standard InChI is InChI=1S/C16H19N3O4S/c1-3-23-14(20)10-13(11-5-4-6-12(9-11)22-2)18-15(21)19-16-17-7-8-24-16/h4-9,13H,3,10H2,1-2H3,(H2,17,18,19,21)/t13-/m1/s1. The SMILES string of the molecule is CCOC(=O)C[C@@H](NC(=O)Nc1nccs1)c1cccc(OC)c1. The van der Waals surface area contributed by atoms with Gasteiger partial charge in [-0.3, -0.25) is 10.1 Å². The molecular formula is C16H19N3O4S. The van der Waals surface area contributed by atoms with Crippen LogP contribution in [0.15, 0.2) is 35.8 Å². The maximum atomic E-state index is 12.1. The second-order valence-electron chi connectivity index (χ2n) is 4.77. The van der Waals surface area contributed by atoms with Crippen molar-refractivity contribution in [1.82, 2.24) is 10.3 Å². The molecule has 0 aliphatic heterocycles. The van der Waals surface area contributed by atoms with Gasteiger partial charge in [0.2, 0.25) is 0 Å². The van der Waals surface area contributed by atoms with Gasteiger partial charge in [0.15, 0.2) is 5.13 Å². The van der Waals surface area contributed by atoms with Crippen molar-refractivity contribution in [2.45, 2.75) is 19.4 Å². The fourth-order valence-corrected chi connectivity index (χ4v) is 2.60. The van der Waals surface area contributed by atoms with E-state index in [1.54, 1.807) is 43.8 Å². The summed E-state index contributed by atoms with van der Waals surface area (Å²) in [6.45, 7) is 2.02. The Bertz CT molecular complexity index is 676. The van der Waals surface area contributed by atoms with Crippen LogP contribution in [0, 0.1) is 0 Å². The van der Waals surface area contributed by atoms with Crippen molar-refractivity contribution in [3.05, 3.63) is 41.4 Å². The predicted octanol–water partition coefficient (Wildman–Crippen LogP) is 2.97. The van der Waals surface area contributed by atoms with Gasteiger partial charge in [0.25, 0.3) is 0 Å². The Kier molecular flexibility index (Phi) is 6.56. The summed E-state index contributed by atoms with van der Waals surface area (Å²) in [4.78, 5) is 28.0. The van der Waals surface area contributed by atoms with Gasteiger partial charge in [0.05, 0.1) is 26.2 Å². The van der Waals surface area contributed by atoms with Gasteiger partial charge < -0.3 is 14.8 Å². The number of carbonyl (C=O) groups excluding carboxylic acids is 2. The molecule has 1 atom stereocenters. The molecule has 0 saturated heterocycles. The van der Waals surface area contributed by atoms with Crippen molar-refractivity contribution in [3.63, 3.8) is 0 Å². The Hall–Kier alpha value is -2.61. The maximum Gasteiger partial charge on any atom is 0.321 e. The lowest BCUT2D eigenvalue weighted by molar-refractivity contribution is -0.143. The van der Waals surface area contributed by atoms with Crippen LogP contribution in [0.25, 0.3) is 0 Å². The van der Waals surface area contributed by atoms with E-state index in [2.05, 4.69) is 15.6 Å². The van der Waals surface area contributed by atoms with Gasteiger partial charge in [-0.2, -0.15) is 0 Å². The van der Waals surface area contributed by atoms with Crippen molar-refractivity contribution >= 4 is 28.5 Å². The van der Waals surface area contributed by atoms with Crippen LogP contribution >= 0.6 is 11.3 Å². The molecule has 1 aromatic carbocycles. The number of aromatic nitrogens is 1. The third-order valence-corrected chi connectivity index (χ3v) is 3.82. The number of rotatable bonds is 7. The fourth-order valence-electron chi connectivity index (χ4n) is 2.07. The molecule has 1 heterocycles. The van der Waals surface area contributed by atoms with Crippen LogP contribution in [0.5, 0.6) is 5.75 Å². The zero-order chi connectivity index (χ0) is 17.4. The number of ether oxygens (including phenoxy) is 2. The lowest BCUT2D eigenvalue weighted by atomic mass is 10.0. The highest BCUT2D eigenvalue weighted by molar-refractivity contribution is 7.13. The normalized spacial score (nSPS) is 11.4. The number of hydrogen-bond acceptors (Lipinski definition) is 6. The predicted molar refractivity (Wildman–Crippen MR) is 91.3 cm³/mol. The summed E-state index contributed by atoms with van der Waals surface area (Å²) in [5.41, 5.74) is 0.747. The summed E-state index contributed by atoms with van der Waals surface area (Å²) in [6.07, 6.45) is 1.62. The van der Waals surface area contributed by atoms with Crippen molar-refractivity contribution in [3.8, 4) is 5.75 Å². The van der Waals surface area contributed by atoms with Gasteiger partial charge in [-0.15, -0.1) is 11.3 Å².